The Morgan fingerprint density at radius 2 is 0.886 bits per heavy atom. The van der Waals surface area contributed by atoms with Crippen LogP contribution in [0.2, 0.25) is 0 Å². The molecule has 8 nitrogen and oxygen atoms in total. The summed E-state index contributed by atoms with van der Waals surface area (Å²) in [7, 11) is 3.15. The topological polar surface area (TPSA) is 112 Å². The number of carboxylic acids is 2. The lowest BCUT2D eigenvalue weighted by Crippen LogP contribution is -2.14. The maximum atomic E-state index is 14.8. The Kier molecular flexibility index (Phi) is 18.4. The van der Waals surface area contributed by atoms with Gasteiger partial charge in [0.2, 0.25) is 0 Å². The first-order chi connectivity index (χ1) is 33.1. The summed E-state index contributed by atoms with van der Waals surface area (Å²) >= 11 is 0. The first-order valence-corrected chi connectivity index (χ1v) is 23.9. The fraction of sp³-hybridized carbons (Fsp3) is 0.367. The van der Waals surface area contributed by atoms with E-state index in [9.17, 15) is 28.6 Å². The number of hydrogen-bond acceptors (Lipinski definition) is 6. The molecule has 2 atom stereocenters. The van der Waals surface area contributed by atoms with Crippen molar-refractivity contribution >= 4 is 11.9 Å². The molecule has 0 radical (unpaired) electrons. The van der Waals surface area contributed by atoms with E-state index in [2.05, 4.69) is 53.7 Å². The fourth-order valence-electron chi connectivity index (χ4n) is 8.54. The summed E-state index contributed by atoms with van der Waals surface area (Å²) in [4.78, 5) is 22.5. The van der Waals surface area contributed by atoms with Gasteiger partial charge in [-0.3, -0.25) is 9.59 Å². The van der Waals surface area contributed by atoms with Crippen molar-refractivity contribution in [1.29, 1.82) is 0 Å². The summed E-state index contributed by atoms with van der Waals surface area (Å²) in [6, 6.07) is 33.3. The first kappa shape index (κ1) is 54.3. The molecule has 0 fully saturated rings. The molecule has 0 aliphatic carbocycles. The summed E-state index contributed by atoms with van der Waals surface area (Å²) in [6.45, 7) is 21.3. The summed E-state index contributed by atoms with van der Waals surface area (Å²) in [5.74, 6) is 0.399. The number of carboxylic acid groups (broad SMARTS) is 2. The van der Waals surface area contributed by atoms with Gasteiger partial charge < -0.3 is 29.2 Å². The lowest BCUT2D eigenvalue weighted by atomic mass is 9.81. The molecular weight excluding hydrogens is 887 g/mol. The van der Waals surface area contributed by atoms with Gasteiger partial charge >= 0.3 is 11.9 Å². The van der Waals surface area contributed by atoms with Crippen LogP contribution in [-0.4, -0.2) is 36.4 Å². The lowest BCUT2D eigenvalue weighted by molar-refractivity contribution is -0.138. The summed E-state index contributed by atoms with van der Waals surface area (Å²) in [5, 5.41) is 18.5. The minimum absolute atomic E-state index is 0.0556. The molecule has 0 aliphatic heterocycles. The van der Waals surface area contributed by atoms with E-state index in [1.165, 1.54) is 12.1 Å². The summed E-state index contributed by atoms with van der Waals surface area (Å²) in [5.41, 5.74) is 10.1. The van der Waals surface area contributed by atoms with E-state index in [0.29, 0.717) is 35.8 Å². The van der Waals surface area contributed by atoms with E-state index in [1.54, 1.807) is 38.5 Å². The highest BCUT2D eigenvalue weighted by Gasteiger charge is 2.24. The molecule has 0 amide bonds. The van der Waals surface area contributed by atoms with Crippen LogP contribution in [0.5, 0.6) is 23.0 Å². The number of methoxy groups -OCH3 is 2. The largest absolute Gasteiger partial charge is 0.497 e. The predicted octanol–water partition coefficient (Wildman–Crippen LogP) is 15.3. The minimum atomic E-state index is -0.804. The normalized spacial score (nSPS) is 12.3. The third-order valence-corrected chi connectivity index (χ3v) is 12.7. The predicted molar refractivity (Wildman–Crippen MR) is 276 cm³/mol. The van der Waals surface area contributed by atoms with Gasteiger partial charge in [-0.1, -0.05) is 116 Å². The van der Waals surface area contributed by atoms with Gasteiger partial charge in [-0.15, -0.1) is 0 Å². The van der Waals surface area contributed by atoms with Crippen molar-refractivity contribution in [2.24, 2.45) is 0 Å². The molecule has 0 saturated carbocycles. The van der Waals surface area contributed by atoms with Crippen LogP contribution in [0.15, 0.2) is 109 Å². The van der Waals surface area contributed by atoms with Gasteiger partial charge in [-0.2, -0.15) is 0 Å². The average molecular weight is 957 g/mol. The van der Waals surface area contributed by atoms with Crippen LogP contribution >= 0.6 is 0 Å². The molecule has 0 spiro atoms. The van der Waals surface area contributed by atoms with Crippen molar-refractivity contribution in [1.82, 2.24) is 0 Å². The molecule has 372 valence electrons. The highest BCUT2D eigenvalue weighted by Crippen LogP contribution is 2.39. The molecule has 0 bridgehead atoms. The van der Waals surface area contributed by atoms with E-state index in [1.807, 2.05) is 88.4 Å². The van der Waals surface area contributed by atoms with Crippen molar-refractivity contribution in [2.45, 2.75) is 131 Å². The molecular formula is C60H70F2O8. The molecule has 6 aromatic carbocycles. The van der Waals surface area contributed by atoms with Crippen molar-refractivity contribution < 1.29 is 47.5 Å². The van der Waals surface area contributed by atoms with Crippen LogP contribution in [0.25, 0.3) is 22.3 Å². The van der Waals surface area contributed by atoms with Crippen molar-refractivity contribution in [3.8, 4) is 45.3 Å². The second-order valence-corrected chi connectivity index (χ2v) is 20.0. The molecule has 70 heavy (non-hydrogen) atoms. The van der Waals surface area contributed by atoms with Crippen molar-refractivity contribution in [3.05, 3.63) is 165 Å². The molecule has 10 heteroatoms. The Morgan fingerprint density at radius 3 is 1.20 bits per heavy atom. The van der Waals surface area contributed by atoms with Gasteiger partial charge in [-0.05, 0) is 154 Å². The van der Waals surface area contributed by atoms with E-state index < -0.39 is 11.9 Å². The van der Waals surface area contributed by atoms with Gasteiger partial charge in [-0.25, -0.2) is 8.78 Å². The number of aliphatic carboxylic acids is 2. The van der Waals surface area contributed by atoms with Crippen LogP contribution in [0.4, 0.5) is 8.78 Å². The number of halogens is 2. The zero-order chi connectivity index (χ0) is 51.5. The van der Waals surface area contributed by atoms with Crippen LogP contribution in [0.3, 0.4) is 0 Å². The smallest absolute Gasteiger partial charge is 0.303 e. The molecule has 0 aromatic heterocycles. The quantitative estimate of drug-likeness (QED) is 0.0876. The Hall–Kier alpha value is -6.68. The average Bonchev–Trinajstić information content (AvgIpc) is 3.32. The van der Waals surface area contributed by atoms with Crippen LogP contribution in [0, 0.1) is 25.5 Å². The van der Waals surface area contributed by atoms with Gasteiger partial charge in [0.1, 0.15) is 47.8 Å². The number of benzene rings is 6. The van der Waals surface area contributed by atoms with E-state index in [-0.39, 0.29) is 47.1 Å². The van der Waals surface area contributed by atoms with Crippen LogP contribution in [-0.2, 0) is 33.6 Å². The Balaban J connectivity index is 0.000000261. The third-order valence-electron chi connectivity index (χ3n) is 12.7. The molecule has 0 saturated heterocycles. The molecule has 0 unspecified atom stereocenters. The van der Waals surface area contributed by atoms with Crippen LogP contribution < -0.4 is 18.9 Å². The number of carbonyl (C=O) groups is 2. The Bertz CT molecular complexity index is 2580. The number of ether oxygens (including phenoxy) is 4. The Morgan fingerprint density at radius 1 is 0.514 bits per heavy atom. The maximum absolute atomic E-state index is 14.8. The van der Waals surface area contributed by atoms with E-state index >= 15 is 0 Å². The zero-order valence-electron chi connectivity index (χ0n) is 42.9. The maximum Gasteiger partial charge on any atom is 0.303 e. The van der Waals surface area contributed by atoms with Gasteiger partial charge in [0.25, 0.3) is 0 Å². The molecule has 0 heterocycles. The minimum Gasteiger partial charge on any atom is -0.497 e. The molecule has 6 rings (SSSR count). The lowest BCUT2D eigenvalue weighted by Gasteiger charge is -2.25. The monoisotopic (exact) mass is 957 g/mol. The third kappa shape index (κ3) is 14.2. The van der Waals surface area contributed by atoms with E-state index in [0.717, 1.165) is 80.0 Å². The number of hydrogen-bond donors (Lipinski definition) is 2. The SMILES string of the molecule is CC[C@@H](CC(=O)O)c1ccc(C)c(OCc2ccc(-c3cc(OC)ccc3F)c(C(C)(C)C)c2)c1.CC[C@H](CC(=O)O)c1ccc(C)c(OCc2ccc(-c3cc(OC)ccc3F)c(C(C)(C)C)c2)c1. The fourth-order valence-corrected chi connectivity index (χ4v) is 8.54. The van der Waals surface area contributed by atoms with Crippen molar-refractivity contribution in [2.75, 3.05) is 14.2 Å². The van der Waals surface area contributed by atoms with Gasteiger partial charge in [0, 0.05) is 11.1 Å². The summed E-state index contributed by atoms with van der Waals surface area (Å²) < 4.78 is 52.6. The Labute approximate surface area is 413 Å². The molecule has 6 aromatic rings. The second-order valence-electron chi connectivity index (χ2n) is 20.0. The summed E-state index contributed by atoms with van der Waals surface area (Å²) in [6.07, 6.45) is 1.67. The standard InChI is InChI=1S/2C30H35FO4/c2*1-7-21(16-29(32)33)22-10-8-19(2)28(15-22)35-18-20-9-12-24(26(14-20)30(3,4)5)25-17-23(34-6)11-13-27(25)31/h2*8-15,17,21H,7,16,18H2,1-6H3,(H,32,33)/t2*21-/m10/s1. The second kappa shape index (κ2) is 23.8. The van der Waals surface area contributed by atoms with E-state index in [4.69, 9.17) is 18.9 Å². The first-order valence-electron chi connectivity index (χ1n) is 23.9. The number of rotatable bonds is 18. The zero-order valence-corrected chi connectivity index (χ0v) is 42.9. The highest BCUT2D eigenvalue weighted by molar-refractivity contribution is 5.73. The van der Waals surface area contributed by atoms with Gasteiger partial charge in [0.05, 0.1) is 27.1 Å². The molecule has 0 aliphatic rings. The highest BCUT2D eigenvalue weighted by atomic mass is 19.1. The number of aryl methyl sites for hydroxylation is 2. The molecule has 2 N–H and O–H groups in total. The van der Waals surface area contributed by atoms with Crippen LogP contribution in [0.1, 0.15) is 137 Å². The van der Waals surface area contributed by atoms with Gasteiger partial charge in [0.15, 0.2) is 0 Å². The van der Waals surface area contributed by atoms with Crippen molar-refractivity contribution in [3.63, 3.8) is 0 Å².